The molecule has 2 aromatic heterocycles. The SMILES string of the molecule is CCCN1CCc2c(sc3nc(SCc4ccccc4)n(-c4ccc(C)cc4)c(=O)c23)C1. The van der Waals surface area contributed by atoms with Gasteiger partial charge in [-0.2, -0.15) is 0 Å². The number of hydrogen-bond donors (Lipinski definition) is 0. The first-order valence-electron chi connectivity index (χ1n) is 11.2. The number of fused-ring (bicyclic) bond motifs is 3. The van der Waals surface area contributed by atoms with Crippen molar-refractivity contribution in [2.75, 3.05) is 13.1 Å². The van der Waals surface area contributed by atoms with Crippen LogP contribution in [0, 0.1) is 6.92 Å². The topological polar surface area (TPSA) is 38.1 Å². The predicted octanol–water partition coefficient (Wildman–Crippen LogP) is 5.82. The van der Waals surface area contributed by atoms with Crippen LogP contribution < -0.4 is 5.56 Å². The lowest BCUT2D eigenvalue weighted by Gasteiger charge is -2.26. The third kappa shape index (κ3) is 4.15. The first-order valence-corrected chi connectivity index (χ1v) is 13.0. The van der Waals surface area contributed by atoms with Gasteiger partial charge in [0.05, 0.1) is 11.1 Å². The lowest BCUT2D eigenvalue weighted by Crippen LogP contribution is -2.31. The fourth-order valence-corrected chi connectivity index (χ4v) is 6.60. The first kappa shape index (κ1) is 21.4. The average molecular weight is 462 g/mol. The molecule has 164 valence electrons. The summed E-state index contributed by atoms with van der Waals surface area (Å²) < 4.78 is 1.82. The van der Waals surface area contributed by atoms with Gasteiger partial charge in [-0.25, -0.2) is 4.98 Å². The highest BCUT2D eigenvalue weighted by atomic mass is 32.2. The summed E-state index contributed by atoms with van der Waals surface area (Å²) >= 11 is 3.34. The van der Waals surface area contributed by atoms with E-state index in [1.807, 2.05) is 22.8 Å². The van der Waals surface area contributed by atoms with Crippen LogP contribution in [-0.2, 0) is 18.7 Å². The van der Waals surface area contributed by atoms with Crippen molar-refractivity contribution in [1.82, 2.24) is 14.5 Å². The number of nitrogens with zero attached hydrogens (tertiary/aromatic N) is 3. The standard InChI is InChI=1S/C26H27N3OS2/c1-3-14-28-15-13-21-22(16-28)32-24-23(21)25(30)29(20-11-9-18(2)10-12-20)26(27-24)31-17-19-7-5-4-6-8-19/h4-12H,3,13-17H2,1-2H3. The molecule has 2 aromatic carbocycles. The van der Waals surface area contributed by atoms with Gasteiger partial charge in [-0.3, -0.25) is 14.3 Å². The second-order valence-electron chi connectivity index (χ2n) is 8.35. The molecule has 0 saturated carbocycles. The molecule has 5 rings (SSSR count). The van der Waals surface area contributed by atoms with Crippen molar-refractivity contribution < 1.29 is 0 Å². The van der Waals surface area contributed by atoms with E-state index in [0.29, 0.717) is 0 Å². The van der Waals surface area contributed by atoms with E-state index in [4.69, 9.17) is 4.98 Å². The summed E-state index contributed by atoms with van der Waals surface area (Å²) in [5.41, 5.74) is 4.57. The zero-order chi connectivity index (χ0) is 22.1. The van der Waals surface area contributed by atoms with E-state index in [1.54, 1.807) is 23.1 Å². The summed E-state index contributed by atoms with van der Waals surface area (Å²) in [5.74, 6) is 0.778. The van der Waals surface area contributed by atoms with E-state index in [0.717, 1.165) is 59.3 Å². The Morgan fingerprint density at radius 1 is 1.09 bits per heavy atom. The molecule has 4 nitrogen and oxygen atoms in total. The molecule has 0 bridgehead atoms. The summed E-state index contributed by atoms with van der Waals surface area (Å²) in [5, 5.41) is 1.59. The van der Waals surface area contributed by atoms with Crippen LogP contribution in [0.15, 0.2) is 64.5 Å². The van der Waals surface area contributed by atoms with Crippen LogP contribution in [0.5, 0.6) is 0 Å². The van der Waals surface area contributed by atoms with E-state index in [9.17, 15) is 4.79 Å². The van der Waals surface area contributed by atoms with Crippen LogP contribution in [0.25, 0.3) is 15.9 Å². The molecule has 3 heterocycles. The minimum atomic E-state index is 0.0656. The van der Waals surface area contributed by atoms with Crippen molar-refractivity contribution in [1.29, 1.82) is 0 Å². The van der Waals surface area contributed by atoms with Gasteiger partial charge in [-0.05, 0) is 49.6 Å². The van der Waals surface area contributed by atoms with E-state index < -0.39 is 0 Å². The molecule has 6 heteroatoms. The van der Waals surface area contributed by atoms with Gasteiger partial charge in [0, 0.05) is 23.7 Å². The highest BCUT2D eigenvalue weighted by Gasteiger charge is 2.25. The van der Waals surface area contributed by atoms with E-state index in [-0.39, 0.29) is 5.56 Å². The van der Waals surface area contributed by atoms with Gasteiger partial charge >= 0.3 is 0 Å². The van der Waals surface area contributed by atoms with Gasteiger partial charge < -0.3 is 0 Å². The number of thiophene rings is 1. The number of benzene rings is 2. The highest BCUT2D eigenvalue weighted by Crippen LogP contribution is 2.34. The minimum Gasteiger partial charge on any atom is -0.298 e. The van der Waals surface area contributed by atoms with Crippen LogP contribution >= 0.6 is 23.1 Å². The van der Waals surface area contributed by atoms with Crippen molar-refractivity contribution >= 4 is 33.3 Å². The third-order valence-electron chi connectivity index (χ3n) is 5.97. The molecule has 0 atom stereocenters. The zero-order valence-corrected chi connectivity index (χ0v) is 20.1. The van der Waals surface area contributed by atoms with Gasteiger partial charge in [0.15, 0.2) is 5.16 Å². The van der Waals surface area contributed by atoms with Crippen LogP contribution in [0.2, 0.25) is 0 Å². The molecular formula is C26H27N3OS2. The maximum absolute atomic E-state index is 13.9. The van der Waals surface area contributed by atoms with Crippen molar-refractivity contribution in [2.24, 2.45) is 0 Å². The second-order valence-corrected chi connectivity index (χ2v) is 10.4. The fraction of sp³-hybridized carbons (Fsp3) is 0.308. The van der Waals surface area contributed by atoms with Crippen molar-refractivity contribution in [3.63, 3.8) is 0 Å². The van der Waals surface area contributed by atoms with Gasteiger partial charge in [0.1, 0.15) is 4.83 Å². The lowest BCUT2D eigenvalue weighted by atomic mass is 10.1. The summed E-state index contributed by atoms with van der Waals surface area (Å²) in [6, 6.07) is 18.5. The molecule has 0 amide bonds. The van der Waals surface area contributed by atoms with Gasteiger partial charge in [0.2, 0.25) is 0 Å². The maximum atomic E-state index is 13.9. The van der Waals surface area contributed by atoms with E-state index >= 15 is 0 Å². The van der Waals surface area contributed by atoms with Gasteiger partial charge in [-0.1, -0.05) is 66.7 Å². The lowest BCUT2D eigenvalue weighted by molar-refractivity contribution is 0.258. The van der Waals surface area contributed by atoms with E-state index in [2.05, 4.69) is 55.1 Å². The summed E-state index contributed by atoms with van der Waals surface area (Å²) in [6.07, 6.45) is 2.08. The Hall–Kier alpha value is -2.41. The smallest absolute Gasteiger partial charge is 0.267 e. The number of hydrogen-bond acceptors (Lipinski definition) is 5. The number of aromatic nitrogens is 2. The number of rotatable bonds is 6. The van der Waals surface area contributed by atoms with Crippen molar-refractivity contribution in [3.8, 4) is 5.69 Å². The fourth-order valence-electron chi connectivity index (χ4n) is 4.32. The Labute approximate surface area is 196 Å². The molecule has 1 aliphatic rings. The normalized spacial score (nSPS) is 14.1. The van der Waals surface area contributed by atoms with Crippen molar-refractivity contribution in [3.05, 3.63) is 86.5 Å². The molecule has 32 heavy (non-hydrogen) atoms. The third-order valence-corrected chi connectivity index (χ3v) is 8.09. The van der Waals surface area contributed by atoms with Crippen molar-refractivity contribution in [2.45, 2.75) is 44.1 Å². The maximum Gasteiger partial charge on any atom is 0.267 e. The quantitative estimate of drug-likeness (QED) is 0.268. The average Bonchev–Trinajstić information content (AvgIpc) is 3.17. The zero-order valence-electron chi connectivity index (χ0n) is 18.5. The van der Waals surface area contributed by atoms with Crippen LogP contribution in [-0.4, -0.2) is 27.5 Å². The Morgan fingerprint density at radius 2 is 1.88 bits per heavy atom. The minimum absolute atomic E-state index is 0.0656. The summed E-state index contributed by atoms with van der Waals surface area (Å²) in [4.78, 5) is 23.6. The highest BCUT2D eigenvalue weighted by molar-refractivity contribution is 7.98. The Morgan fingerprint density at radius 3 is 2.62 bits per heavy atom. The molecule has 0 unspecified atom stereocenters. The first-order chi connectivity index (χ1) is 15.6. The molecule has 0 fully saturated rings. The molecule has 0 spiro atoms. The number of thioether (sulfide) groups is 1. The van der Waals surface area contributed by atoms with Gasteiger partial charge in [0.25, 0.3) is 5.56 Å². The van der Waals surface area contributed by atoms with Gasteiger partial charge in [-0.15, -0.1) is 11.3 Å². The molecule has 0 saturated heterocycles. The molecule has 1 aliphatic heterocycles. The summed E-state index contributed by atoms with van der Waals surface area (Å²) in [6.45, 7) is 7.34. The molecule has 4 aromatic rings. The van der Waals surface area contributed by atoms with E-state index in [1.165, 1.54) is 21.6 Å². The molecule has 0 radical (unpaired) electrons. The van der Waals surface area contributed by atoms with Crippen LogP contribution in [0.1, 0.15) is 34.9 Å². The largest absolute Gasteiger partial charge is 0.298 e. The second kappa shape index (κ2) is 9.22. The van der Waals surface area contributed by atoms with Crippen LogP contribution in [0.4, 0.5) is 0 Å². The Balaban J connectivity index is 1.62. The Kier molecular flexibility index (Phi) is 6.17. The molecule has 0 aliphatic carbocycles. The predicted molar refractivity (Wildman–Crippen MR) is 135 cm³/mol. The molecular weight excluding hydrogens is 434 g/mol. The summed E-state index contributed by atoms with van der Waals surface area (Å²) in [7, 11) is 0. The Bertz CT molecular complexity index is 1290. The monoisotopic (exact) mass is 461 g/mol. The number of aryl methyl sites for hydroxylation is 1. The molecule has 0 N–H and O–H groups in total. The van der Waals surface area contributed by atoms with Crippen LogP contribution in [0.3, 0.4) is 0 Å².